The Hall–Kier alpha value is -1.83. The molecule has 0 atom stereocenters. The van der Waals surface area contributed by atoms with Crippen LogP contribution < -0.4 is 4.31 Å². The molecule has 0 saturated heterocycles. The molecule has 0 aromatic heterocycles. The molecule has 0 heterocycles. The molecule has 2 rings (SSSR count). The molecular formula is C14H10Cl2FNO4S. The highest BCUT2D eigenvalue weighted by molar-refractivity contribution is 7.93. The van der Waals surface area contributed by atoms with E-state index in [2.05, 4.69) is 0 Å². The van der Waals surface area contributed by atoms with Gasteiger partial charge in [-0.2, -0.15) is 0 Å². The topological polar surface area (TPSA) is 74.7 Å². The maximum Gasteiger partial charge on any atom is 0.324 e. The molecule has 0 aliphatic carbocycles. The molecule has 0 aliphatic rings. The number of para-hydroxylation sites is 1. The summed E-state index contributed by atoms with van der Waals surface area (Å²) in [6, 6.07) is 8.66. The standard InChI is InChI=1S/C14H10Cl2FNO4S/c15-9-5-6-10(16)13(7-9)23(21,22)18(8-14(19)20)12-4-2-1-3-11(12)17/h1-7H,8H2,(H,19,20). The zero-order valence-corrected chi connectivity index (χ0v) is 13.7. The Bertz CT molecular complexity index is 858. The van der Waals surface area contributed by atoms with Gasteiger partial charge in [0.1, 0.15) is 17.3 Å². The molecule has 0 saturated carbocycles. The number of rotatable bonds is 5. The van der Waals surface area contributed by atoms with Crippen molar-refractivity contribution in [2.24, 2.45) is 0 Å². The summed E-state index contributed by atoms with van der Waals surface area (Å²) in [5, 5.41) is 8.93. The van der Waals surface area contributed by atoms with Crippen LogP contribution in [0.5, 0.6) is 0 Å². The van der Waals surface area contributed by atoms with Crippen molar-refractivity contribution >= 4 is 44.9 Å². The van der Waals surface area contributed by atoms with E-state index in [9.17, 15) is 17.6 Å². The maximum atomic E-state index is 14.0. The normalized spacial score (nSPS) is 11.3. The van der Waals surface area contributed by atoms with E-state index >= 15 is 0 Å². The number of anilines is 1. The van der Waals surface area contributed by atoms with Gasteiger partial charge in [-0.1, -0.05) is 35.3 Å². The first-order valence-electron chi connectivity index (χ1n) is 6.17. The third kappa shape index (κ3) is 3.74. The zero-order chi connectivity index (χ0) is 17.2. The molecular weight excluding hydrogens is 368 g/mol. The Balaban J connectivity index is 2.65. The van der Waals surface area contributed by atoms with Gasteiger partial charge in [0.15, 0.2) is 0 Å². The first kappa shape index (κ1) is 17.5. The number of carboxylic acids is 1. The third-order valence-electron chi connectivity index (χ3n) is 2.86. The molecule has 2 aromatic carbocycles. The van der Waals surface area contributed by atoms with Crippen LogP contribution in [0.1, 0.15) is 0 Å². The van der Waals surface area contributed by atoms with E-state index in [0.717, 1.165) is 18.2 Å². The van der Waals surface area contributed by atoms with Crippen LogP contribution in [0.3, 0.4) is 0 Å². The summed E-state index contributed by atoms with van der Waals surface area (Å²) in [7, 11) is -4.43. The van der Waals surface area contributed by atoms with Gasteiger partial charge in [-0.05, 0) is 30.3 Å². The minimum absolute atomic E-state index is 0.0942. The molecule has 1 N–H and O–H groups in total. The average Bonchev–Trinajstić information content (AvgIpc) is 2.48. The van der Waals surface area contributed by atoms with Crippen molar-refractivity contribution in [2.45, 2.75) is 4.90 Å². The fourth-order valence-corrected chi connectivity index (χ4v) is 4.03. The van der Waals surface area contributed by atoms with Gasteiger partial charge in [0.05, 0.1) is 10.7 Å². The SMILES string of the molecule is O=C(O)CN(c1ccccc1F)S(=O)(=O)c1cc(Cl)ccc1Cl. The molecule has 0 aliphatic heterocycles. The molecule has 0 bridgehead atoms. The number of hydrogen-bond acceptors (Lipinski definition) is 3. The lowest BCUT2D eigenvalue weighted by Crippen LogP contribution is -2.36. The van der Waals surface area contributed by atoms with Crippen LogP contribution in [0.25, 0.3) is 0 Å². The Morgan fingerprint density at radius 3 is 2.43 bits per heavy atom. The van der Waals surface area contributed by atoms with Gasteiger partial charge < -0.3 is 5.11 Å². The lowest BCUT2D eigenvalue weighted by Gasteiger charge is -2.23. The second-order valence-corrected chi connectivity index (χ2v) is 7.11. The molecule has 0 unspecified atom stereocenters. The number of carbonyl (C=O) groups is 1. The van der Waals surface area contributed by atoms with Crippen LogP contribution in [0.15, 0.2) is 47.4 Å². The molecule has 2 aromatic rings. The summed E-state index contributed by atoms with van der Waals surface area (Å²) >= 11 is 11.7. The second kappa shape index (κ2) is 6.74. The van der Waals surface area contributed by atoms with E-state index in [4.69, 9.17) is 28.3 Å². The molecule has 122 valence electrons. The average molecular weight is 378 g/mol. The van der Waals surface area contributed by atoms with Crippen molar-refractivity contribution in [3.05, 3.63) is 58.3 Å². The van der Waals surface area contributed by atoms with Crippen molar-refractivity contribution in [1.82, 2.24) is 0 Å². The molecule has 0 radical (unpaired) electrons. The highest BCUT2D eigenvalue weighted by Gasteiger charge is 2.30. The number of carboxylic acid groups (broad SMARTS) is 1. The predicted molar refractivity (Wildman–Crippen MR) is 85.0 cm³/mol. The van der Waals surface area contributed by atoms with Gasteiger partial charge in [-0.15, -0.1) is 0 Å². The van der Waals surface area contributed by atoms with E-state index in [1.165, 1.54) is 24.3 Å². The monoisotopic (exact) mass is 377 g/mol. The summed E-state index contributed by atoms with van der Waals surface area (Å²) in [4.78, 5) is 10.6. The largest absolute Gasteiger partial charge is 0.480 e. The van der Waals surface area contributed by atoms with Crippen molar-refractivity contribution in [1.29, 1.82) is 0 Å². The smallest absolute Gasteiger partial charge is 0.324 e. The summed E-state index contributed by atoms with van der Waals surface area (Å²) in [5.74, 6) is -2.33. The van der Waals surface area contributed by atoms with Gasteiger partial charge in [0.25, 0.3) is 10.0 Å². The van der Waals surface area contributed by atoms with Crippen LogP contribution in [-0.4, -0.2) is 26.0 Å². The Labute approximate surface area is 141 Å². The van der Waals surface area contributed by atoms with Crippen LogP contribution in [0.2, 0.25) is 10.0 Å². The number of benzene rings is 2. The van der Waals surface area contributed by atoms with Gasteiger partial charge in [0, 0.05) is 5.02 Å². The van der Waals surface area contributed by atoms with Crippen LogP contribution >= 0.6 is 23.2 Å². The lowest BCUT2D eigenvalue weighted by molar-refractivity contribution is -0.135. The summed E-state index contributed by atoms with van der Waals surface area (Å²) < 4.78 is 39.9. The van der Waals surface area contributed by atoms with E-state index < -0.39 is 38.9 Å². The first-order valence-corrected chi connectivity index (χ1v) is 8.37. The van der Waals surface area contributed by atoms with E-state index in [0.29, 0.717) is 4.31 Å². The quantitative estimate of drug-likeness (QED) is 0.865. The Morgan fingerprint density at radius 2 is 1.83 bits per heavy atom. The van der Waals surface area contributed by atoms with Crippen LogP contribution in [0.4, 0.5) is 10.1 Å². The first-order chi connectivity index (χ1) is 10.7. The van der Waals surface area contributed by atoms with Crippen molar-refractivity contribution in [2.75, 3.05) is 10.8 Å². The number of halogens is 3. The van der Waals surface area contributed by atoms with Crippen molar-refractivity contribution < 1.29 is 22.7 Å². The van der Waals surface area contributed by atoms with E-state index in [-0.39, 0.29) is 10.0 Å². The highest BCUT2D eigenvalue weighted by atomic mass is 35.5. The summed E-state index contributed by atoms with van der Waals surface area (Å²) in [5.41, 5.74) is -0.397. The summed E-state index contributed by atoms with van der Waals surface area (Å²) in [6.07, 6.45) is 0. The van der Waals surface area contributed by atoms with Gasteiger partial charge in [-0.3, -0.25) is 9.10 Å². The maximum absolute atomic E-state index is 14.0. The number of sulfonamides is 1. The van der Waals surface area contributed by atoms with Crippen molar-refractivity contribution in [3.8, 4) is 0 Å². The third-order valence-corrected chi connectivity index (χ3v) is 5.34. The van der Waals surface area contributed by atoms with E-state index in [1.54, 1.807) is 0 Å². The van der Waals surface area contributed by atoms with Gasteiger partial charge in [-0.25, -0.2) is 12.8 Å². The van der Waals surface area contributed by atoms with E-state index in [1.807, 2.05) is 0 Å². The molecule has 23 heavy (non-hydrogen) atoms. The zero-order valence-electron chi connectivity index (χ0n) is 11.4. The minimum Gasteiger partial charge on any atom is -0.480 e. The van der Waals surface area contributed by atoms with Gasteiger partial charge >= 0.3 is 5.97 Å². The fraction of sp³-hybridized carbons (Fsp3) is 0.0714. The fourth-order valence-electron chi connectivity index (χ4n) is 1.87. The molecule has 0 fully saturated rings. The number of nitrogens with zero attached hydrogens (tertiary/aromatic N) is 1. The molecule has 0 spiro atoms. The Kier molecular flexibility index (Phi) is 5.13. The highest BCUT2D eigenvalue weighted by Crippen LogP contribution is 2.31. The number of aliphatic carboxylic acids is 1. The molecule has 5 nitrogen and oxygen atoms in total. The lowest BCUT2D eigenvalue weighted by atomic mass is 10.3. The predicted octanol–water partition coefficient (Wildman–Crippen LogP) is 3.41. The van der Waals surface area contributed by atoms with Crippen molar-refractivity contribution in [3.63, 3.8) is 0 Å². The molecule has 0 amide bonds. The van der Waals surface area contributed by atoms with Crippen LogP contribution in [0, 0.1) is 5.82 Å². The number of hydrogen-bond donors (Lipinski definition) is 1. The molecule has 9 heteroatoms. The summed E-state index contributed by atoms with van der Waals surface area (Å²) in [6.45, 7) is -0.966. The second-order valence-electron chi connectivity index (χ2n) is 4.43. The minimum atomic E-state index is -4.43. The Morgan fingerprint density at radius 1 is 1.17 bits per heavy atom. The van der Waals surface area contributed by atoms with Gasteiger partial charge in [0.2, 0.25) is 0 Å². The van der Waals surface area contributed by atoms with Crippen LogP contribution in [-0.2, 0) is 14.8 Å².